The van der Waals surface area contributed by atoms with Crippen molar-refractivity contribution in [2.45, 2.75) is 0 Å². The highest BCUT2D eigenvalue weighted by Crippen LogP contribution is 2.40. The third-order valence-corrected chi connectivity index (χ3v) is 4.91. The van der Waals surface area contributed by atoms with E-state index in [1.807, 2.05) is 30.3 Å². The molecule has 3 heteroatoms. The summed E-state index contributed by atoms with van der Waals surface area (Å²) in [6, 6.07) is 22.6. The van der Waals surface area contributed by atoms with Crippen molar-refractivity contribution in [1.29, 1.82) is 5.26 Å². The van der Waals surface area contributed by atoms with Crippen molar-refractivity contribution in [1.82, 2.24) is 4.98 Å². The van der Waals surface area contributed by atoms with Gasteiger partial charge in [0.2, 0.25) is 0 Å². The summed E-state index contributed by atoms with van der Waals surface area (Å²) in [4.78, 5) is 3.57. The highest BCUT2D eigenvalue weighted by molar-refractivity contribution is 6.31. The van der Waals surface area contributed by atoms with Crippen molar-refractivity contribution in [2.75, 3.05) is 7.11 Å². The minimum Gasteiger partial charge on any atom is -0.497 e. The van der Waals surface area contributed by atoms with E-state index in [0.29, 0.717) is 5.56 Å². The predicted molar refractivity (Wildman–Crippen MR) is 102 cm³/mol. The van der Waals surface area contributed by atoms with Gasteiger partial charge in [0.15, 0.2) is 0 Å². The number of nitrogens with one attached hydrogen (secondary N) is 1. The van der Waals surface area contributed by atoms with Crippen LogP contribution in [0.25, 0.3) is 43.4 Å². The van der Waals surface area contributed by atoms with E-state index in [2.05, 4.69) is 41.4 Å². The lowest BCUT2D eigenvalue weighted by Crippen LogP contribution is -1.86. The van der Waals surface area contributed by atoms with Crippen molar-refractivity contribution in [2.24, 2.45) is 0 Å². The van der Waals surface area contributed by atoms with Crippen LogP contribution >= 0.6 is 0 Å². The van der Waals surface area contributed by atoms with Gasteiger partial charge in [-0.2, -0.15) is 5.26 Å². The van der Waals surface area contributed by atoms with Crippen LogP contribution in [-0.4, -0.2) is 12.1 Å². The zero-order valence-electron chi connectivity index (χ0n) is 13.6. The monoisotopic (exact) mass is 322 g/mol. The number of para-hydroxylation sites is 1. The number of benzene rings is 4. The van der Waals surface area contributed by atoms with Crippen LogP contribution in [0.2, 0.25) is 0 Å². The molecule has 1 N–H and O–H groups in total. The summed E-state index contributed by atoms with van der Waals surface area (Å²) in [7, 11) is 1.67. The normalized spacial score (nSPS) is 11.4. The molecule has 1 aromatic heterocycles. The van der Waals surface area contributed by atoms with Crippen molar-refractivity contribution >= 4 is 43.4 Å². The number of methoxy groups -OCH3 is 1. The summed E-state index contributed by atoms with van der Waals surface area (Å²) in [6.07, 6.45) is 0. The molecule has 0 amide bonds. The smallest absolute Gasteiger partial charge is 0.119 e. The molecule has 0 fully saturated rings. The molecule has 0 aliphatic carbocycles. The number of rotatable bonds is 1. The maximum absolute atomic E-state index is 9.33. The molecule has 0 bridgehead atoms. The molecule has 0 saturated heterocycles. The highest BCUT2D eigenvalue weighted by Gasteiger charge is 2.14. The molecule has 118 valence electrons. The number of H-pyrrole nitrogens is 1. The molecule has 5 rings (SSSR count). The zero-order chi connectivity index (χ0) is 17.0. The van der Waals surface area contributed by atoms with Gasteiger partial charge in [0.05, 0.1) is 24.3 Å². The molecular formula is C22H14N2O. The van der Waals surface area contributed by atoms with E-state index >= 15 is 0 Å². The van der Waals surface area contributed by atoms with E-state index in [4.69, 9.17) is 4.74 Å². The van der Waals surface area contributed by atoms with Crippen LogP contribution in [-0.2, 0) is 0 Å². The van der Waals surface area contributed by atoms with Crippen LogP contribution in [0.4, 0.5) is 0 Å². The largest absolute Gasteiger partial charge is 0.497 e. The molecule has 1 heterocycles. The van der Waals surface area contributed by atoms with Gasteiger partial charge in [0.25, 0.3) is 0 Å². The fourth-order valence-electron chi connectivity index (χ4n) is 3.77. The lowest BCUT2D eigenvalue weighted by Gasteiger charge is -2.09. The van der Waals surface area contributed by atoms with E-state index < -0.39 is 0 Å². The Morgan fingerprint density at radius 1 is 0.840 bits per heavy atom. The second kappa shape index (κ2) is 4.99. The summed E-state index contributed by atoms with van der Waals surface area (Å²) in [5, 5.41) is 16.2. The zero-order valence-corrected chi connectivity index (χ0v) is 13.6. The maximum Gasteiger partial charge on any atom is 0.119 e. The Labute approximate surface area is 144 Å². The molecular weight excluding hydrogens is 308 g/mol. The number of aromatic amines is 1. The fourth-order valence-corrected chi connectivity index (χ4v) is 3.77. The van der Waals surface area contributed by atoms with Gasteiger partial charge in [-0.15, -0.1) is 0 Å². The van der Waals surface area contributed by atoms with Crippen molar-refractivity contribution in [3.05, 3.63) is 66.2 Å². The Balaban J connectivity index is 2.13. The Morgan fingerprint density at radius 2 is 1.64 bits per heavy atom. The van der Waals surface area contributed by atoms with Gasteiger partial charge in [-0.05, 0) is 52.6 Å². The molecule has 4 aromatic carbocycles. The summed E-state index contributed by atoms with van der Waals surface area (Å²) in [5.74, 6) is 0.812. The van der Waals surface area contributed by atoms with Gasteiger partial charge in [-0.25, -0.2) is 0 Å². The van der Waals surface area contributed by atoms with E-state index in [1.165, 1.54) is 10.8 Å². The van der Waals surface area contributed by atoms with Gasteiger partial charge in [0.1, 0.15) is 5.75 Å². The van der Waals surface area contributed by atoms with Crippen molar-refractivity contribution in [3.8, 4) is 11.8 Å². The SMILES string of the molecule is COc1ccc2c(c1)c1cc(C#N)ccc1c1c3ccccc3[nH]c21. The standard InChI is InChI=1S/C22H14N2O/c1-25-14-7-9-16-19(11-14)18-10-13(12-23)6-8-15(18)21-17-4-2-3-5-20(17)24-22(16)21/h2-11,24H,1H3. The van der Waals surface area contributed by atoms with Crippen LogP contribution in [0.15, 0.2) is 60.7 Å². The van der Waals surface area contributed by atoms with Gasteiger partial charge < -0.3 is 9.72 Å². The Hall–Kier alpha value is -3.51. The van der Waals surface area contributed by atoms with Gasteiger partial charge in [-0.3, -0.25) is 0 Å². The van der Waals surface area contributed by atoms with Gasteiger partial charge in [0, 0.05) is 21.7 Å². The first-order valence-electron chi connectivity index (χ1n) is 8.14. The third kappa shape index (κ3) is 1.85. The number of nitriles is 1. The average molecular weight is 322 g/mol. The summed E-state index contributed by atoms with van der Waals surface area (Å²) >= 11 is 0. The van der Waals surface area contributed by atoms with E-state index in [0.717, 1.165) is 38.3 Å². The Morgan fingerprint density at radius 3 is 2.48 bits per heavy atom. The quantitative estimate of drug-likeness (QED) is 0.414. The summed E-state index contributed by atoms with van der Waals surface area (Å²) in [5.41, 5.74) is 2.90. The second-order valence-corrected chi connectivity index (χ2v) is 6.20. The molecule has 0 radical (unpaired) electrons. The molecule has 0 spiro atoms. The number of hydrogen-bond acceptors (Lipinski definition) is 2. The number of hydrogen-bond donors (Lipinski definition) is 1. The third-order valence-electron chi connectivity index (χ3n) is 4.91. The minimum absolute atomic E-state index is 0.663. The first-order valence-corrected chi connectivity index (χ1v) is 8.14. The molecule has 0 saturated carbocycles. The average Bonchev–Trinajstić information content (AvgIpc) is 3.07. The van der Waals surface area contributed by atoms with Crippen LogP contribution in [0, 0.1) is 11.3 Å². The first-order chi connectivity index (χ1) is 12.3. The van der Waals surface area contributed by atoms with Crippen LogP contribution in [0.1, 0.15) is 5.56 Å². The van der Waals surface area contributed by atoms with Crippen LogP contribution < -0.4 is 4.74 Å². The topological polar surface area (TPSA) is 48.8 Å². The summed E-state index contributed by atoms with van der Waals surface area (Å²) in [6.45, 7) is 0. The highest BCUT2D eigenvalue weighted by atomic mass is 16.5. The fraction of sp³-hybridized carbons (Fsp3) is 0.0455. The second-order valence-electron chi connectivity index (χ2n) is 6.20. The molecule has 5 aromatic rings. The molecule has 0 atom stereocenters. The van der Waals surface area contributed by atoms with Crippen molar-refractivity contribution < 1.29 is 4.74 Å². The lowest BCUT2D eigenvalue weighted by molar-refractivity contribution is 0.415. The maximum atomic E-state index is 9.33. The molecule has 3 nitrogen and oxygen atoms in total. The van der Waals surface area contributed by atoms with Crippen LogP contribution in [0.5, 0.6) is 5.75 Å². The number of ether oxygens (including phenoxy) is 1. The number of aromatic nitrogens is 1. The summed E-state index contributed by atoms with van der Waals surface area (Å²) < 4.78 is 5.42. The predicted octanol–water partition coefficient (Wildman–Crippen LogP) is 5.51. The number of fused-ring (bicyclic) bond motifs is 8. The Bertz CT molecular complexity index is 1340. The van der Waals surface area contributed by atoms with E-state index in [9.17, 15) is 5.26 Å². The van der Waals surface area contributed by atoms with Gasteiger partial charge in [-0.1, -0.05) is 24.3 Å². The van der Waals surface area contributed by atoms with E-state index in [-0.39, 0.29) is 0 Å². The molecule has 0 aliphatic heterocycles. The van der Waals surface area contributed by atoms with E-state index in [1.54, 1.807) is 7.11 Å². The lowest BCUT2D eigenvalue weighted by atomic mass is 9.95. The molecule has 25 heavy (non-hydrogen) atoms. The first kappa shape index (κ1) is 13.9. The minimum atomic E-state index is 0.663. The number of nitrogens with zero attached hydrogens (tertiary/aromatic N) is 1. The molecule has 0 unspecified atom stereocenters. The van der Waals surface area contributed by atoms with Gasteiger partial charge >= 0.3 is 0 Å². The Kier molecular flexibility index (Phi) is 2.77. The van der Waals surface area contributed by atoms with Crippen molar-refractivity contribution in [3.63, 3.8) is 0 Å². The van der Waals surface area contributed by atoms with Crippen LogP contribution in [0.3, 0.4) is 0 Å². The molecule has 0 aliphatic rings.